The quantitative estimate of drug-likeness (QED) is 0.759. The van der Waals surface area contributed by atoms with E-state index in [2.05, 4.69) is 26.1 Å². The molecule has 0 saturated carbocycles. The van der Waals surface area contributed by atoms with Crippen molar-refractivity contribution in [2.45, 2.75) is 46.1 Å². The van der Waals surface area contributed by atoms with Gasteiger partial charge in [-0.05, 0) is 27.2 Å². The van der Waals surface area contributed by atoms with Crippen molar-refractivity contribution in [3.63, 3.8) is 0 Å². The minimum absolute atomic E-state index is 0.0792. The first-order valence-corrected chi connectivity index (χ1v) is 6.39. The SMILES string of the molecule is CCCC(C)(C)Nc1cc(OCC)c(F)cc1N. The second kappa shape index (κ2) is 5.94. The van der Waals surface area contributed by atoms with Crippen molar-refractivity contribution in [1.29, 1.82) is 0 Å². The smallest absolute Gasteiger partial charge is 0.167 e. The van der Waals surface area contributed by atoms with Crippen LogP contribution in [0.5, 0.6) is 5.75 Å². The van der Waals surface area contributed by atoms with Gasteiger partial charge in [0.15, 0.2) is 11.6 Å². The van der Waals surface area contributed by atoms with Gasteiger partial charge in [-0.1, -0.05) is 13.3 Å². The van der Waals surface area contributed by atoms with Gasteiger partial charge in [0.2, 0.25) is 0 Å². The second-order valence-electron chi connectivity index (χ2n) is 5.06. The van der Waals surface area contributed by atoms with E-state index in [1.807, 2.05) is 6.92 Å². The van der Waals surface area contributed by atoms with Crippen molar-refractivity contribution in [2.75, 3.05) is 17.7 Å². The maximum atomic E-state index is 13.6. The van der Waals surface area contributed by atoms with Crippen LogP contribution >= 0.6 is 0 Å². The van der Waals surface area contributed by atoms with E-state index in [4.69, 9.17) is 10.5 Å². The van der Waals surface area contributed by atoms with E-state index in [-0.39, 0.29) is 11.3 Å². The van der Waals surface area contributed by atoms with Crippen LogP contribution < -0.4 is 15.8 Å². The molecule has 0 radical (unpaired) electrons. The first-order chi connectivity index (χ1) is 8.39. The molecule has 1 aromatic carbocycles. The fraction of sp³-hybridized carbons (Fsp3) is 0.571. The first-order valence-electron chi connectivity index (χ1n) is 6.39. The van der Waals surface area contributed by atoms with Gasteiger partial charge in [0.1, 0.15) is 0 Å². The molecule has 3 nitrogen and oxygen atoms in total. The minimum Gasteiger partial charge on any atom is -0.491 e. The van der Waals surface area contributed by atoms with Crippen LogP contribution in [0.25, 0.3) is 0 Å². The van der Waals surface area contributed by atoms with E-state index in [1.165, 1.54) is 6.07 Å². The van der Waals surface area contributed by atoms with Gasteiger partial charge < -0.3 is 15.8 Å². The zero-order valence-corrected chi connectivity index (χ0v) is 11.6. The summed E-state index contributed by atoms with van der Waals surface area (Å²) in [5, 5.41) is 3.34. The van der Waals surface area contributed by atoms with E-state index in [0.717, 1.165) is 18.5 Å². The molecule has 0 bridgehead atoms. The van der Waals surface area contributed by atoms with Crippen molar-refractivity contribution in [2.24, 2.45) is 0 Å². The van der Waals surface area contributed by atoms with Gasteiger partial charge in [0, 0.05) is 17.7 Å². The summed E-state index contributed by atoms with van der Waals surface area (Å²) >= 11 is 0. The summed E-state index contributed by atoms with van der Waals surface area (Å²) < 4.78 is 18.8. The third kappa shape index (κ3) is 3.79. The molecule has 0 aliphatic heterocycles. The standard InChI is InChI=1S/C14H23FN2O/c1-5-7-14(3,4)17-12-9-13(18-6-2)10(15)8-11(12)16/h8-9,17H,5-7,16H2,1-4H3. The number of nitrogens with two attached hydrogens (primary N) is 1. The molecule has 102 valence electrons. The highest BCUT2D eigenvalue weighted by atomic mass is 19.1. The van der Waals surface area contributed by atoms with Crippen molar-refractivity contribution in [3.8, 4) is 5.75 Å². The Labute approximate surface area is 109 Å². The molecule has 0 unspecified atom stereocenters. The monoisotopic (exact) mass is 254 g/mol. The Morgan fingerprint density at radius 1 is 1.33 bits per heavy atom. The van der Waals surface area contributed by atoms with Gasteiger partial charge in [-0.15, -0.1) is 0 Å². The van der Waals surface area contributed by atoms with Gasteiger partial charge in [-0.3, -0.25) is 0 Å². The Hall–Kier alpha value is -1.45. The summed E-state index contributed by atoms with van der Waals surface area (Å²) in [7, 11) is 0. The summed E-state index contributed by atoms with van der Waals surface area (Å²) in [5.41, 5.74) is 6.88. The molecule has 0 aromatic heterocycles. The first kappa shape index (κ1) is 14.6. The zero-order valence-electron chi connectivity index (χ0n) is 11.6. The maximum Gasteiger partial charge on any atom is 0.167 e. The summed E-state index contributed by atoms with van der Waals surface area (Å²) in [4.78, 5) is 0. The molecule has 0 spiro atoms. The summed E-state index contributed by atoms with van der Waals surface area (Å²) in [6, 6.07) is 2.93. The molecule has 0 aliphatic carbocycles. The van der Waals surface area contributed by atoms with Crippen LogP contribution in [0.15, 0.2) is 12.1 Å². The summed E-state index contributed by atoms with van der Waals surface area (Å²) in [5.74, 6) is -0.185. The highest BCUT2D eigenvalue weighted by molar-refractivity contribution is 5.69. The number of hydrogen-bond donors (Lipinski definition) is 2. The zero-order chi connectivity index (χ0) is 13.8. The van der Waals surface area contributed by atoms with Gasteiger partial charge in [0.25, 0.3) is 0 Å². The third-order valence-electron chi connectivity index (χ3n) is 2.75. The molecule has 0 fully saturated rings. The number of benzene rings is 1. The van der Waals surface area contributed by atoms with Gasteiger partial charge in [-0.25, -0.2) is 4.39 Å². The Balaban J connectivity index is 2.98. The van der Waals surface area contributed by atoms with E-state index in [9.17, 15) is 4.39 Å². The van der Waals surface area contributed by atoms with Crippen molar-refractivity contribution in [3.05, 3.63) is 17.9 Å². The Morgan fingerprint density at radius 3 is 2.56 bits per heavy atom. The number of anilines is 2. The lowest BCUT2D eigenvalue weighted by atomic mass is 9.98. The number of hydrogen-bond acceptors (Lipinski definition) is 3. The number of ether oxygens (including phenoxy) is 1. The van der Waals surface area contributed by atoms with Crippen LogP contribution in [-0.4, -0.2) is 12.1 Å². The van der Waals surface area contributed by atoms with Crippen LogP contribution in [0.1, 0.15) is 40.5 Å². The topological polar surface area (TPSA) is 47.3 Å². The molecule has 0 saturated heterocycles. The number of nitrogens with one attached hydrogen (secondary N) is 1. The van der Waals surface area contributed by atoms with E-state index in [1.54, 1.807) is 6.07 Å². The Kier molecular flexibility index (Phi) is 4.82. The molecular formula is C14H23FN2O. The van der Waals surface area contributed by atoms with Gasteiger partial charge in [-0.2, -0.15) is 0 Å². The summed E-state index contributed by atoms with van der Waals surface area (Å²) in [6.07, 6.45) is 2.08. The Bertz CT molecular complexity index is 405. The maximum absolute atomic E-state index is 13.6. The predicted molar refractivity (Wildman–Crippen MR) is 74.6 cm³/mol. The lowest BCUT2D eigenvalue weighted by Crippen LogP contribution is -2.30. The molecule has 1 aromatic rings. The van der Waals surface area contributed by atoms with E-state index in [0.29, 0.717) is 12.3 Å². The molecule has 0 heterocycles. The third-order valence-corrected chi connectivity index (χ3v) is 2.75. The van der Waals surface area contributed by atoms with E-state index >= 15 is 0 Å². The fourth-order valence-corrected chi connectivity index (χ4v) is 2.00. The normalized spacial score (nSPS) is 11.4. The molecule has 0 atom stereocenters. The van der Waals surface area contributed by atoms with Crippen LogP contribution in [0, 0.1) is 5.82 Å². The van der Waals surface area contributed by atoms with Crippen molar-refractivity contribution >= 4 is 11.4 Å². The van der Waals surface area contributed by atoms with E-state index < -0.39 is 5.82 Å². The fourth-order valence-electron chi connectivity index (χ4n) is 2.00. The molecule has 1 rings (SSSR count). The highest BCUT2D eigenvalue weighted by Crippen LogP contribution is 2.31. The number of rotatable bonds is 6. The molecule has 4 heteroatoms. The van der Waals surface area contributed by atoms with Crippen LogP contribution in [0.2, 0.25) is 0 Å². The summed E-state index contributed by atoms with van der Waals surface area (Å²) in [6.45, 7) is 8.57. The average Bonchev–Trinajstić information content (AvgIpc) is 2.25. The molecule has 0 aliphatic rings. The molecular weight excluding hydrogens is 231 g/mol. The lowest BCUT2D eigenvalue weighted by molar-refractivity contribution is 0.322. The minimum atomic E-state index is -0.423. The van der Waals surface area contributed by atoms with Gasteiger partial charge in [0.05, 0.1) is 18.0 Å². The Morgan fingerprint density at radius 2 is 2.00 bits per heavy atom. The largest absolute Gasteiger partial charge is 0.491 e. The molecule has 0 amide bonds. The van der Waals surface area contributed by atoms with Crippen molar-refractivity contribution in [1.82, 2.24) is 0 Å². The molecule has 3 N–H and O–H groups in total. The van der Waals surface area contributed by atoms with Gasteiger partial charge >= 0.3 is 0 Å². The van der Waals surface area contributed by atoms with Crippen LogP contribution in [0.3, 0.4) is 0 Å². The highest BCUT2D eigenvalue weighted by Gasteiger charge is 2.18. The second-order valence-corrected chi connectivity index (χ2v) is 5.06. The van der Waals surface area contributed by atoms with Crippen LogP contribution in [-0.2, 0) is 0 Å². The predicted octanol–water partition coefficient (Wildman–Crippen LogP) is 3.80. The lowest BCUT2D eigenvalue weighted by Gasteiger charge is -2.28. The number of halogens is 1. The number of nitrogen functional groups attached to an aromatic ring is 1. The average molecular weight is 254 g/mol. The van der Waals surface area contributed by atoms with Crippen molar-refractivity contribution < 1.29 is 9.13 Å². The van der Waals surface area contributed by atoms with Crippen LogP contribution in [0.4, 0.5) is 15.8 Å². The molecule has 18 heavy (non-hydrogen) atoms.